The van der Waals surface area contributed by atoms with E-state index < -0.39 is 0 Å². The van der Waals surface area contributed by atoms with E-state index in [0.717, 1.165) is 29.9 Å². The van der Waals surface area contributed by atoms with Gasteiger partial charge in [-0.1, -0.05) is 11.6 Å². The zero-order valence-corrected chi connectivity index (χ0v) is 10.8. The van der Waals surface area contributed by atoms with Gasteiger partial charge in [0, 0.05) is 31.5 Å². The third kappa shape index (κ3) is 3.46. The Balaban J connectivity index is 3.05. The summed E-state index contributed by atoms with van der Waals surface area (Å²) in [4.78, 5) is 2.17. The van der Waals surface area contributed by atoms with E-state index in [1.165, 1.54) is 0 Å². The van der Waals surface area contributed by atoms with Crippen molar-refractivity contribution in [2.45, 2.75) is 13.8 Å². The second kappa shape index (κ2) is 6.25. The molecule has 17 heavy (non-hydrogen) atoms. The van der Waals surface area contributed by atoms with Crippen molar-refractivity contribution in [2.24, 2.45) is 5.73 Å². The summed E-state index contributed by atoms with van der Waals surface area (Å²) >= 11 is 0. The summed E-state index contributed by atoms with van der Waals surface area (Å²) in [6.07, 6.45) is 0. The van der Waals surface area contributed by atoms with Crippen LogP contribution in [-0.2, 0) is 4.74 Å². The fraction of sp³-hybridized carbons (Fsp3) is 0.462. The predicted molar refractivity (Wildman–Crippen MR) is 72.0 cm³/mol. The number of nitrogens with zero attached hydrogens (tertiary/aromatic N) is 1. The summed E-state index contributed by atoms with van der Waals surface area (Å²) in [6, 6.07) is 6.01. The summed E-state index contributed by atoms with van der Waals surface area (Å²) < 4.78 is 5.09. The van der Waals surface area contributed by atoms with Gasteiger partial charge in [0.2, 0.25) is 0 Å². The molecule has 1 aromatic rings. The van der Waals surface area contributed by atoms with Gasteiger partial charge in [-0.15, -0.1) is 0 Å². The number of anilines is 1. The number of benzene rings is 1. The van der Waals surface area contributed by atoms with Crippen LogP contribution in [0.15, 0.2) is 18.2 Å². The molecule has 0 aliphatic heterocycles. The van der Waals surface area contributed by atoms with E-state index in [4.69, 9.17) is 15.9 Å². The van der Waals surface area contributed by atoms with Crippen LogP contribution >= 0.6 is 0 Å². The number of rotatable bonds is 6. The zero-order chi connectivity index (χ0) is 12.8. The van der Waals surface area contributed by atoms with Crippen molar-refractivity contribution in [3.63, 3.8) is 0 Å². The summed E-state index contributed by atoms with van der Waals surface area (Å²) in [5.74, 6) is 0.111. The number of amidine groups is 1. The first-order valence-corrected chi connectivity index (χ1v) is 5.79. The van der Waals surface area contributed by atoms with Gasteiger partial charge in [0.05, 0.1) is 6.61 Å². The first-order chi connectivity index (χ1) is 8.10. The van der Waals surface area contributed by atoms with Gasteiger partial charge in [-0.3, -0.25) is 5.41 Å². The van der Waals surface area contributed by atoms with Crippen molar-refractivity contribution in [1.82, 2.24) is 0 Å². The smallest absolute Gasteiger partial charge is 0.124 e. The van der Waals surface area contributed by atoms with E-state index in [1.807, 2.05) is 25.1 Å². The van der Waals surface area contributed by atoms with Crippen molar-refractivity contribution >= 4 is 11.5 Å². The third-order valence-corrected chi connectivity index (χ3v) is 2.73. The molecule has 0 atom stereocenters. The third-order valence-electron chi connectivity index (χ3n) is 2.73. The number of likely N-dealkylation sites (N-methyl/N-ethyl adjacent to an activating group) is 1. The Labute approximate surface area is 103 Å². The number of nitrogens with one attached hydrogen (secondary N) is 1. The molecular weight excluding hydrogens is 214 g/mol. The molecule has 0 aliphatic carbocycles. The van der Waals surface area contributed by atoms with E-state index in [0.29, 0.717) is 6.61 Å². The van der Waals surface area contributed by atoms with Crippen LogP contribution in [0.25, 0.3) is 0 Å². The Hall–Kier alpha value is -1.55. The minimum Gasteiger partial charge on any atom is -0.384 e. The van der Waals surface area contributed by atoms with Crippen molar-refractivity contribution < 1.29 is 4.74 Å². The first kappa shape index (κ1) is 13.5. The molecule has 0 aromatic heterocycles. The lowest BCUT2D eigenvalue weighted by atomic mass is 10.1. The summed E-state index contributed by atoms with van der Waals surface area (Å²) in [5, 5.41) is 7.64. The van der Waals surface area contributed by atoms with Gasteiger partial charge in [0.25, 0.3) is 0 Å². The molecular formula is C13H21N3O. The maximum atomic E-state index is 7.64. The topological polar surface area (TPSA) is 62.3 Å². The van der Waals surface area contributed by atoms with Crippen molar-refractivity contribution in [1.29, 1.82) is 5.41 Å². The normalized spacial score (nSPS) is 10.3. The fourth-order valence-electron chi connectivity index (χ4n) is 1.79. The number of hydrogen-bond acceptors (Lipinski definition) is 3. The minimum atomic E-state index is 0.111. The predicted octanol–water partition coefficient (Wildman–Crippen LogP) is 1.75. The Morgan fingerprint density at radius 2 is 2.18 bits per heavy atom. The number of hydrogen-bond donors (Lipinski definition) is 2. The minimum absolute atomic E-state index is 0.111. The van der Waals surface area contributed by atoms with Gasteiger partial charge in [-0.25, -0.2) is 0 Å². The number of nitrogens with two attached hydrogens (primary N) is 1. The number of ether oxygens (including phenoxy) is 1. The molecule has 0 saturated heterocycles. The second-order valence-corrected chi connectivity index (χ2v) is 4.01. The molecule has 0 aliphatic rings. The molecule has 1 aromatic carbocycles. The molecule has 0 saturated carbocycles. The molecule has 0 heterocycles. The molecule has 0 bridgehead atoms. The van der Waals surface area contributed by atoms with E-state index in [1.54, 1.807) is 7.11 Å². The van der Waals surface area contributed by atoms with Gasteiger partial charge < -0.3 is 15.4 Å². The largest absolute Gasteiger partial charge is 0.384 e. The lowest BCUT2D eigenvalue weighted by molar-refractivity contribution is 0.205. The van der Waals surface area contributed by atoms with Gasteiger partial charge in [-0.05, 0) is 26.0 Å². The van der Waals surface area contributed by atoms with E-state index in [2.05, 4.69) is 11.8 Å². The number of aryl methyl sites for hydroxylation is 1. The molecule has 94 valence electrons. The Morgan fingerprint density at radius 1 is 1.47 bits per heavy atom. The highest BCUT2D eigenvalue weighted by Gasteiger charge is 2.11. The van der Waals surface area contributed by atoms with Crippen LogP contribution in [0, 0.1) is 12.3 Å². The van der Waals surface area contributed by atoms with Crippen LogP contribution in [-0.4, -0.2) is 32.6 Å². The highest BCUT2D eigenvalue weighted by atomic mass is 16.5. The average Bonchev–Trinajstić information content (AvgIpc) is 2.31. The van der Waals surface area contributed by atoms with Crippen LogP contribution in [0.2, 0.25) is 0 Å². The monoisotopic (exact) mass is 235 g/mol. The van der Waals surface area contributed by atoms with Crippen LogP contribution in [0.4, 0.5) is 5.69 Å². The van der Waals surface area contributed by atoms with Crippen LogP contribution in [0.1, 0.15) is 18.1 Å². The summed E-state index contributed by atoms with van der Waals surface area (Å²) in [5.41, 5.74) is 8.54. The molecule has 3 N–H and O–H groups in total. The van der Waals surface area contributed by atoms with Crippen LogP contribution in [0.5, 0.6) is 0 Å². The quantitative estimate of drug-likeness (QED) is 0.583. The molecule has 0 spiro atoms. The summed E-state index contributed by atoms with van der Waals surface area (Å²) in [6.45, 7) is 6.42. The van der Waals surface area contributed by atoms with Crippen molar-refractivity contribution in [3.8, 4) is 0 Å². The first-order valence-electron chi connectivity index (χ1n) is 5.79. The zero-order valence-electron chi connectivity index (χ0n) is 10.8. The lowest BCUT2D eigenvalue weighted by Crippen LogP contribution is -2.29. The van der Waals surface area contributed by atoms with Crippen LogP contribution < -0.4 is 10.6 Å². The lowest BCUT2D eigenvalue weighted by Gasteiger charge is -2.25. The van der Waals surface area contributed by atoms with Crippen molar-refractivity contribution in [2.75, 3.05) is 31.7 Å². The molecule has 0 unspecified atom stereocenters. The van der Waals surface area contributed by atoms with E-state index in [9.17, 15) is 0 Å². The molecule has 4 heteroatoms. The standard InChI is InChI=1S/C13H21N3O/c1-4-16(7-8-17-3)12-6-5-10(2)9-11(12)13(14)15/h5-6,9H,4,7-8H2,1-3H3,(H3,14,15). The molecule has 4 nitrogen and oxygen atoms in total. The number of methoxy groups -OCH3 is 1. The highest BCUT2D eigenvalue weighted by molar-refractivity contribution is 6.00. The fourth-order valence-corrected chi connectivity index (χ4v) is 1.79. The van der Waals surface area contributed by atoms with Gasteiger partial charge in [0.1, 0.15) is 5.84 Å². The maximum Gasteiger partial charge on any atom is 0.124 e. The number of nitrogen functional groups attached to an aromatic ring is 1. The van der Waals surface area contributed by atoms with Gasteiger partial charge in [-0.2, -0.15) is 0 Å². The summed E-state index contributed by atoms with van der Waals surface area (Å²) in [7, 11) is 1.69. The average molecular weight is 235 g/mol. The Bertz CT molecular complexity index is 390. The SMILES string of the molecule is CCN(CCOC)c1ccc(C)cc1C(=N)N. The Kier molecular flexibility index (Phi) is 4.97. The second-order valence-electron chi connectivity index (χ2n) is 4.01. The van der Waals surface area contributed by atoms with Gasteiger partial charge in [0.15, 0.2) is 0 Å². The van der Waals surface area contributed by atoms with Crippen LogP contribution in [0.3, 0.4) is 0 Å². The highest BCUT2D eigenvalue weighted by Crippen LogP contribution is 2.21. The van der Waals surface area contributed by atoms with E-state index >= 15 is 0 Å². The molecule has 0 fully saturated rings. The maximum absolute atomic E-state index is 7.64. The van der Waals surface area contributed by atoms with Crippen molar-refractivity contribution in [3.05, 3.63) is 29.3 Å². The van der Waals surface area contributed by atoms with Gasteiger partial charge >= 0.3 is 0 Å². The Morgan fingerprint density at radius 3 is 2.71 bits per heavy atom. The molecule has 1 rings (SSSR count). The van der Waals surface area contributed by atoms with E-state index in [-0.39, 0.29) is 5.84 Å². The molecule has 0 radical (unpaired) electrons. The molecule has 0 amide bonds.